The molecular weight excluding hydrogens is 238 g/mol. The summed E-state index contributed by atoms with van der Waals surface area (Å²) < 4.78 is 0. The molecule has 0 aliphatic rings. The van der Waals surface area contributed by atoms with Crippen LogP contribution in [0.5, 0.6) is 0 Å². The van der Waals surface area contributed by atoms with Crippen LogP contribution in [0.1, 0.15) is 84.0 Å². The molecule has 114 valence electrons. The van der Waals surface area contributed by atoms with Crippen LogP contribution in [0.2, 0.25) is 0 Å². The highest BCUT2D eigenvalue weighted by molar-refractivity contribution is 5.69. The van der Waals surface area contributed by atoms with Crippen LogP contribution in [0.15, 0.2) is 0 Å². The first-order chi connectivity index (χ1) is 9.22. The quantitative estimate of drug-likeness (QED) is 0.462. The number of carbonyl (C=O) groups is 1. The van der Waals surface area contributed by atoms with Crippen LogP contribution in [-0.4, -0.2) is 17.6 Å². The summed E-state index contributed by atoms with van der Waals surface area (Å²) in [5.41, 5.74) is 5.44. The summed E-state index contributed by atoms with van der Waals surface area (Å²) in [6.07, 6.45) is 13.5. The fourth-order valence-corrected chi connectivity index (χ4v) is 2.45. The highest BCUT2D eigenvalue weighted by atomic mass is 16.4. The molecule has 0 radical (unpaired) electrons. The van der Waals surface area contributed by atoms with Gasteiger partial charge in [0, 0.05) is 0 Å². The van der Waals surface area contributed by atoms with Gasteiger partial charge in [-0.15, -0.1) is 0 Å². The molecule has 1 atom stereocenters. The molecule has 3 N–H and O–H groups in total. The van der Waals surface area contributed by atoms with E-state index in [1.807, 2.05) is 0 Å². The second-order valence-corrected chi connectivity index (χ2v) is 5.58. The van der Waals surface area contributed by atoms with Crippen LogP contribution < -0.4 is 5.73 Å². The number of nitrogens with two attached hydrogens (primary N) is 1. The van der Waals surface area contributed by atoms with E-state index in [-0.39, 0.29) is 5.92 Å². The van der Waals surface area contributed by atoms with Crippen LogP contribution in [0.4, 0.5) is 0 Å². The van der Waals surface area contributed by atoms with Gasteiger partial charge in [0.2, 0.25) is 0 Å². The number of carboxylic acids is 1. The van der Waals surface area contributed by atoms with E-state index < -0.39 is 5.97 Å². The molecule has 19 heavy (non-hydrogen) atoms. The second-order valence-electron chi connectivity index (χ2n) is 5.58. The van der Waals surface area contributed by atoms with E-state index in [2.05, 4.69) is 6.92 Å². The predicted molar refractivity (Wildman–Crippen MR) is 81.3 cm³/mol. The Hall–Kier alpha value is -0.570. The Morgan fingerprint density at radius 1 is 0.895 bits per heavy atom. The van der Waals surface area contributed by atoms with Crippen LogP contribution >= 0.6 is 0 Å². The molecule has 0 heterocycles. The SMILES string of the molecule is CCCCCCCCCC(CCCCCN)C(=O)O. The summed E-state index contributed by atoms with van der Waals surface area (Å²) >= 11 is 0. The standard InChI is InChI=1S/C16H33NO2/c1-2-3-4-5-6-7-9-12-15(16(18)19)13-10-8-11-14-17/h15H,2-14,17H2,1H3,(H,18,19). The number of rotatable bonds is 14. The van der Waals surface area contributed by atoms with Crippen molar-refractivity contribution in [2.24, 2.45) is 11.7 Å². The largest absolute Gasteiger partial charge is 0.481 e. The molecule has 0 aliphatic heterocycles. The lowest BCUT2D eigenvalue weighted by Gasteiger charge is -2.11. The number of hydrogen-bond acceptors (Lipinski definition) is 2. The summed E-state index contributed by atoms with van der Waals surface area (Å²) in [6, 6.07) is 0. The molecule has 0 aromatic rings. The Labute approximate surface area is 119 Å². The molecule has 0 spiro atoms. The van der Waals surface area contributed by atoms with Crippen molar-refractivity contribution in [3.63, 3.8) is 0 Å². The Bertz CT molecular complexity index is 207. The van der Waals surface area contributed by atoms with E-state index in [4.69, 9.17) is 5.73 Å². The van der Waals surface area contributed by atoms with E-state index in [0.29, 0.717) is 0 Å². The van der Waals surface area contributed by atoms with Gasteiger partial charge in [-0.2, -0.15) is 0 Å². The second kappa shape index (κ2) is 13.9. The minimum Gasteiger partial charge on any atom is -0.481 e. The molecule has 0 amide bonds. The molecule has 0 saturated carbocycles. The fourth-order valence-electron chi connectivity index (χ4n) is 2.45. The third kappa shape index (κ3) is 12.2. The average molecular weight is 271 g/mol. The summed E-state index contributed by atoms with van der Waals surface area (Å²) in [5.74, 6) is -0.743. The highest BCUT2D eigenvalue weighted by Crippen LogP contribution is 2.18. The van der Waals surface area contributed by atoms with E-state index in [9.17, 15) is 9.90 Å². The van der Waals surface area contributed by atoms with Crippen LogP contribution in [-0.2, 0) is 4.79 Å². The Morgan fingerprint density at radius 3 is 1.84 bits per heavy atom. The Morgan fingerprint density at radius 2 is 1.37 bits per heavy atom. The van der Waals surface area contributed by atoms with Gasteiger partial charge in [-0.05, 0) is 25.8 Å². The fraction of sp³-hybridized carbons (Fsp3) is 0.938. The number of carboxylic acid groups (broad SMARTS) is 1. The summed E-state index contributed by atoms with van der Waals surface area (Å²) in [4.78, 5) is 11.1. The Balaban J connectivity index is 3.51. The molecule has 0 fully saturated rings. The topological polar surface area (TPSA) is 63.3 Å². The van der Waals surface area contributed by atoms with E-state index in [1.165, 1.54) is 38.5 Å². The first kappa shape index (κ1) is 18.4. The van der Waals surface area contributed by atoms with Gasteiger partial charge in [0.25, 0.3) is 0 Å². The lowest BCUT2D eigenvalue weighted by molar-refractivity contribution is -0.142. The lowest BCUT2D eigenvalue weighted by Crippen LogP contribution is -2.13. The third-order valence-electron chi connectivity index (χ3n) is 3.76. The van der Waals surface area contributed by atoms with Crippen molar-refractivity contribution in [2.45, 2.75) is 84.0 Å². The molecular formula is C16H33NO2. The van der Waals surface area contributed by atoms with Crippen LogP contribution in [0.3, 0.4) is 0 Å². The van der Waals surface area contributed by atoms with Gasteiger partial charge in [-0.1, -0.05) is 64.7 Å². The van der Waals surface area contributed by atoms with Crippen molar-refractivity contribution in [3.05, 3.63) is 0 Å². The molecule has 0 aliphatic carbocycles. The van der Waals surface area contributed by atoms with Crippen molar-refractivity contribution in [1.82, 2.24) is 0 Å². The van der Waals surface area contributed by atoms with E-state index in [0.717, 1.165) is 45.1 Å². The van der Waals surface area contributed by atoms with E-state index in [1.54, 1.807) is 0 Å². The van der Waals surface area contributed by atoms with Crippen molar-refractivity contribution in [3.8, 4) is 0 Å². The number of unbranched alkanes of at least 4 members (excludes halogenated alkanes) is 8. The maximum absolute atomic E-state index is 11.1. The highest BCUT2D eigenvalue weighted by Gasteiger charge is 2.15. The summed E-state index contributed by atoms with van der Waals surface area (Å²) in [6.45, 7) is 2.94. The average Bonchev–Trinajstić information content (AvgIpc) is 2.39. The van der Waals surface area contributed by atoms with Crippen molar-refractivity contribution in [1.29, 1.82) is 0 Å². The zero-order valence-corrected chi connectivity index (χ0v) is 12.7. The van der Waals surface area contributed by atoms with E-state index >= 15 is 0 Å². The first-order valence-corrected chi connectivity index (χ1v) is 8.15. The monoisotopic (exact) mass is 271 g/mol. The van der Waals surface area contributed by atoms with Gasteiger partial charge in [0.1, 0.15) is 0 Å². The Kier molecular flexibility index (Phi) is 13.4. The third-order valence-corrected chi connectivity index (χ3v) is 3.76. The molecule has 0 bridgehead atoms. The first-order valence-electron chi connectivity index (χ1n) is 8.15. The zero-order chi connectivity index (χ0) is 14.3. The van der Waals surface area contributed by atoms with Crippen molar-refractivity contribution in [2.75, 3.05) is 6.54 Å². The molecule has 0 saturated heterocycles. The van der Waals surface area contributed by atoms with Gasteiger partial charge in [0.05, 0.1) is 5.92 Å². The predicted octanol–water partition coefficient (Wildman–Crippen LogP) is 4.35. The van der Waals surface area contributed by atoms with Gasteiger partial charge in [0.15, 0.2) is 0 Å². The number of aliphatic carboxylic acids is 1. The van der Waals surface area contributed by atoms with Crippen molar-refractivity contribution >= 4 is 5.97 Å². The molecule has 1 unspecified atom stereocenters. The van der Waals surface area contributed by atoms with Crippen LogP contribution in [0.25, 0.3) is 0 Å². The lowest BCUT2D eigenvalue weighted by atomic mass is 9.94. The maximum Gasteiger partial charge on any atom is 0.306 e. The summed E-state index contributed by atoms with van der Waals surface area (Å²) in [7, 11) is 0. The van der Waals surface area contributed by atoms with Gasteiger partial charge < -0.3 is 10.8 Å². The van der Waals surface area contributed by atoms with Gasteiger partial charge >= 0.3 is 5.97 Å². The molecule has 0 aromatic heterocycles. The molecule has 0 aromatic carbocycles. The maximum atomic E-state index is 11.1. The smallest absolute Gasteiger partial charge is 0.306 e. The van der Waals surface area contributed by atoms with Gasteiger partial charge in [-0.3, -0.25) is 4.79 Å². The van der Waals surface area contributed by atoms with Crippen LogP contribution in [0, 0.1) is 5.92 Å². The summed E-state index contributed by atoms with van der Waals surface area (Å²) in [5, 5.41) is 9.18. The number of hydrogen-bond donors (Lipinski definition) is 2. The minimum atomic E-state index is -0.612. The normalized spacial score (nSPS) is 12.5. The zero-order valence-electron chi connectivity index (χ0n) is 12.7. The molecule has 0 rings (SSSR count). The van der Waals surface area contributed by atoms with Gasteiger partial charge in [-0.25, -0.2) is 0 Å². The van der Waals surface area contributed by atoms with Crippen molar-refractivity contribution < 1.29 is 9.90 Å². The molecule has 3 nitrogen and oxygen atoms in total. The molecule has 3 heteroatoms. The minimum absolute atomic E-state index is 0.131.